The van der Waals surface area contributed by atoms with E-state index in [0.717, 1.165) is 5.39 Å². The van der Waals surface area contributed by atoms with Crippen molar-refractivity contribution in [3.05, 3.63) is 42.0 Å². The molecule has 0 aliphatic heterocycles. The van der Waals surface area contributed by atoms with E-state index >= 15 is 0 Å². The van der Waals surface area contributed by atoms with Crippen molar-refractivity contribution in [3.63, 3.8) is 0 Å². The highest BCUT2D eigenvalue weighted by Crippen LogP contribution is 2.32. The first-order chi connectivity index (χ1) is 9.58. The van der Waals surface area contributed by atoms with Crippen molar-refractivity contribution in [2.24, 2.45) is 0 Å². The van der Waals surface area contributed by atoms with Gasteiger partial charge in [0, 0.05) is 5.39 Å². The maximum Gasteiger partial charge on any atom is 0.373 e. The zero-order valence-corrected chi connectivity index (χ0v) is 11.1. The second kappa shape index (κ2) is 4.52. The molecular formula is C15H13NO4. The van der Waals surface area contributed by atoms with Crippen molar-refractivity contribution >= 4 is 16.9 Å². The van der Waals surface area contributed by atoms with E-state index in [1.807, 2.05) is 38.1 Å². The molecule has 3 rings (SSSR count). The van der Waals surface area contributed by atoms with Gasteiger partial charge in [0.25, 0.3) is 0 Å². The SMILES string of the molecule is CC(C)c1nc(-c2coc3ccccc23)oc1C(=O)O. The number of aromatic nitrogens is 1. The average molecular weight is 271 g/mol. The van der Waals surface area contributed by atoms with Gasteiger partial charge in [-0.25, -0.2) is 9.78 Å². The number of carboxylic acids is 1. The van der Waals surface area contributed by atoms with Gasteiger partial charge in [-0.3, -0.25) is 0 Å². The molecule has 0 saturated heterocycles. The van der Waals surface area contributed by atoms with Crippen LogP contribution in [0.15, 0.2) is 39.4 Å². The quantitative estimate of drug-likeness (QED) is 0.781. The fourth-order valence-corrected chi connectivity index (χ4v) is 2.14. The van der Waals surface area contributed by atoms with E-state index in [-0.39, 0.29) is 17.6 Å². The van der Waals surface area contributed by atoms with Gasteiger partial charge in [0.2, 0.25) is 11.7 Å². The molecule has 102 valence electrons. The van der Waals surface area contributed by atoms with Gasteiger partial charge < -0.3 is 13.9 Å². The summed E-state index contributed by atoms with van der Waals surface area (Å²) in [5.74, 6) is -0.978. The van der Waals surface area contributed by atoms with E-state index < -0.39 is 5.97 Å². The van der Waals surface area contributed by atoms with Crippen LogP contribution >= 0.6 is 0 Å². The molecule has 3 aromatic rings. The summed E-state index contributed by atoms with van der Waals surface area (Å²) in [6.07, 6.45) is 1.53. The second-order valence-corrected chi connectivity index (χ2v) is 4.84. The summed E-state index contributed by atoms with van der Waals surface area (Å²) in [5.41, 5.74) is 1.82. The third-order valence-electron chi connectivity index (χ3n) is 3.11. The minimum Gasteiger partial charge on any atom is -0.475 e. The van der Waals surface area contributed by atoms with Crippen LogP contribution in [0.25, 0.3) is 22.4 Å². The van der Waals surface area contributed by atoms with Gasteiger partial charge in [-0.05, 0) is 12.0 Å². The molecule has 0 bridgehead atoms. The Hall–Kier alpha value is -2.56. The predicted molar refractivity (Wildman–Crippen MR) is 72.8 cm³/mol. The van der Waals surface area contributed by atoms with Gasteiger partial charge in [-0.15, -0.1) is 0 Å². The van der Waals surface area contributed by atoms with Gasteiger partial charge in [0.05, 0.1) is 11.3 Å². The summed E-state index contributed by atoms with van der Waals surface area (Å²) >= 11 is 0. The molecule has 5 nitrogen and oxygen atoms in total. The molecule has 2 heterocycles. The number of para-hydroxylation sites is 1. The number of furan rings is 1. The Kier molecular flexibility index (Phi) is 2.82. The zero-order valence-electron chi connectivity index (χ0n) is 11.1. The first kappa shape index (κ1) is 12.5. The first-order valence-corrected chi connectivity index (χ1v) is 6.28. The summed E-state index contributed by atoms with van der Waals surface area (Å²) in [6.45, 7) is 3.75. The Labute approximate surface area is 114 Å². The van der Waals surface area contributed by atoms with E-state index in [1.165, 1.54) is 6.26 Å². The number of aromatic carboxylic acids is 1. The molecule has 0 saturated carbocycles. The number of nitrogens with zero attached hydrogens (tertiary/aromatic N) is 1. The van der Waals surface area contributed by atoms with E-state index in [0.29, 0.717) is 16.8 Å². The highest BCUT2D eigenvalue weighted by molar-refractivity contribution is 5.92. The van der Waals surface area contributed by atoms with E-state index in [4.69, 9.17) is 8.83 Å². The van der Waals surface area contributed by atoms with Crippen LogP contribution in [0.5, 0.6) is 0 Å². The van der Waals surface area contributed by atoms with Gasteiger partial charge in [-0.1, -0.05) is 32.0 Å². The number of hydrogen-bond donors (Lipinski definition) is 1. The van der Waals surface area contributed by atoms with E-state index in [9.17, 15) is 9.90 Å². The maximum atomic E-state index is 11.2. The molecule has 0 amide bonds. The minimum atomic E-state index is -1.11. The van der Waals surface area contributed by atoms with Gasteiger partial charge in [0.1, 0.15) is 11.8 Å². The van der Waals surface area contributed by atoms with Crippen LogP contribution in [0.4, 0.5) is 0 Å². The van der Waals surface area contributed by atoms with Crippen molar-refractivity contribution in [1.29, 1.82) is 0 Å². The number of oxazole rings is 1. The lowest BCUT2D eigenvalue weighted by atomic mass is 10.1. The number of benzene rings is 1. The summed E-state index contributed by atoms with van der Waals surface area (Å²) in [6, 6.07) is 7.47. The molecule has 0 radical (unpaired) electrons. The molecule has 1 aromatic carbocycles. The van der Waals surface area contributed by atoms with Gasteiger partial charge in [0.15, 0.2) is 0 Å². The molecular weight excluding hydrogens is 258 g/mol. The molecule has 0 fully saturated rings. The Morgan fingerprint density at radius 1 is 1.30 bits per heavy atom. The van der Waals surface area contributed by atoms with Crippen molar-refractivity contribution in [2.45, 2.75) is 19.8 Å². The summed E-state index contributed by atoms with van der Waals surface area (Å²) in [5, 5.41) is 10.0. The molecule has 0 aliphatic rings. The monoisotopic (exact) mass is 271 g/mol. The standard InChI is InChI=1S/C15H13NO4/c1-8(2)12-13(15(17)18)20-14(16-12)10-7-19-11-6-4-3-5-9(10)11/h3-8H,1-2H3,(H,17,18). The van der Waals surface area contributed by atoms with Crippen molar-refractivity contribution in [2.75, 3.05) is 0 Å². The van der Waals surface area contributed by atoms with E-state index in [1.54, 1.807) is 0 Å². The fourth-order valence-electron chi connectivity index (χ4n) is 2.14. The van der Waals surface area contributed by atoms with Gasteiger partial charge in [-0.2, -0.15) is 0 Å². The summed E-state index contributed by atoms with van der Waals surface area (Å²) < 4.78 is 10.8. The van der Waals surface area contributed by atoms with E-state index in [2.05, 4.69) is 4.98 Å². The largest absolute Gasteiger partial charge is 0.475 e. The molecule has 2 aromatic heterocycles. The number of fused-ring (bicyclic) bond motifs is 1. The minimum absolute atomic E-state index is 0.0308. The number of carboxylic acid groups (broad SMARTS) is 1. The van der Waals surface area contributed by atoms with Crippen molar-refractivity contribution in [1.82, 2.24) is 4.98 Å². The molecule has 0 atom stereocenters. The highest BCUT2D eigenvalue weighted by Gasteiger charge is 2.24. The number of rotatable bonds is 3. The smallest absolute Gasteiger partial charge is 0.373 e. The second-order valence-electron chi connectivity index (χ2n) is 4.84. The highest BCUT2D eigenvalue weighted by atomic mass is 16.4. The molecule has 1 N–H and O–H groups in total. The normalized spacial score (nSPS) is 11.3. The fraction of sp³-hybridized carbons (Fsp3) is 0.200. The maximum absolute atomic E-state index is 11.2. The number of carbonyl (C=O) groups is 1. The van der Waals surface area contributed by atoms with Crippen molar-refractivity contribution < 1.29 is 18.7 Å². The van der Waals surface area contributed by atoms with Crippen LogP contribution in [0, 0.1) is 0 Å². The topological polar surface area (TPSA) is 76.5 Å². The lowest BCUT2D eigenvalue weighted by Crippen LogP contribution is -2.01. The van der Waals surface area contributed by atoms with Crippen LogP contribution in [0.1, 0.15) is 36.0 Å². The predicted octanol–water partition coefficient (Wildman–Crippen LogP) is 3.91. The summed E-state index contributed by atoms with van der Waals surface area (Å²) in [4.78, 5) is 15.5. The lowest BCUT2D eigenvalue weighted by molar-refractivity contribution is 0.0661. The van der Waals surface area contributed by atoms with Gasteiger partial charge >= 0.3 is 5.97 Å². The number of hydrogen-bond acceptors (Lipinski definition) is 4. The van der Waals surface area contributed by atoms with Crippen LogP contribution in [0.2, 0.25) is 0 Å². The third kappa shape index (κ3) is 1.87. The van der Waals surface area contributed by atoms with Crippen LogP contribution in [-0.2, 0) is 0 Å². The molecule has 0 aliphatic carbocycles. The lowest BCUT2D eigenvalue weighted by Gasteiger charge is -1.98. The molecule has 20 heavy (non-hydrogen) atoms. The first-order valence-electron chi connectivity index (χ1n) is 6.28. The zero-order chi connectivity index (χ0) is 14.3. The molecule has 0 unspecified atom stereocenters. The molecule has 5 heteroatoms. The Morgan fingerprint density at radius 2 is 2.05 bits per heavy atom. The van der Waals surface area contributed by atoms with Crippen LogP contribution in [-0.4, -0.2) is 16.1 Å². The Balaban J connectivity index is 2.20. The third-order valence-corrected chi connectivity index (χ3v) is 3.11. The molecule has 0 spiro atoms. The average Bonchev–Trinajstić information content (AvgIpc) is 3.02. The Morgan fingerprint density at radius 3 is 2.70 bits per heavy atom. The van der Waals surface area contributed by atoms with Crippen molar-refractivity contribution in [3.8, 4) is 11.5 Å². The Bertz CT molecular complexity index is 782. The summed E-state index contributed by atoms with van der Waals surface area (Å²) in [7, 11) is 0. The van der Waals surface area contributed by atoms with Crippen LogP contribution < -0.4 is 0 Å². The van der Waals surface area contributed by atoms with Crippen LogP contribution in [0.3, 0.4) is 0 Å².